The van der Waals surface area contributed by atoms with Crippen molar-refractivity contribution >= 4 is 5.97 Å². The number of unbranched alkanes of at least 4 members (excludes halogenated alkanes) is 6. The van der Waals surface area contributed by atoms with E-state index in [1.165, 1.54) is 94.7 Å². The number of carbonyl (C=O) groups excluding carboxylic acids is 1. The lowest BCUT2D eigenvalue weighted by molar-refractivity contribution is -0.189. The minimum absolute atomic E-state index is 0.115. The molecule has 1 fully saturated rings. The molecule has 34 heavy (non-hydrogen) atoms. The van der Waals surface area contributed by atoms with E-state index in [1.54, 1.807) is 12.1 Å². The fourth-order valence-electron chi connectivity index (χ4n) is 5.00. The molecule has 0 aromatic heterocycles. The van der Waals surface area contributed by atoms with E-state index < -0.39 is 12.1 Å². The van der Waals surface area contributed by atoms with Crippen LogP contribution in [0.15, 0.2) is 48.5 Å². The molecule has 186 valence electrons. The maximum Gasteiger partial charge on any atom is 0.491 e. The Hall–Kier alpha value is -2.30. The molecule has 0 spiro atoms. The molecule has 0 bridgehead atoms. The Bertz CT molecular complexity index is 864. The van der Waals surface area contributed by atoms with E-state index in [4.69, 9.17) is 0 Å². The normalized spacial score (nSPS) is 18.6. The molecule has 0 heterocycles. The maximum atomic E-state index is 12.3. The van der Waals surface area contributed by atoms with E-state index in [-0.39, 0.29) is 5.75 Å². The Kier molecular flexibility index (Phi) is 10.0. The van der Waals surface area contributed by atoms with Crippen molar-refractivity contribution in [3.63, 3.8) is 0 Å². The molecule has 0 aliphatic heterocycles. The monoisotopic (exact) mass is 474 g/mol. The average Bonchev–Trinajstić information content (AvgIpc) is 2.84. The van der Waals surface area contributed by atoms with Crippen LogP contribution in [0.1, 0.15) is 95.5 Å². The van der Waals surface area contributed by atoms with Crippen LogP contribution in [-0.2, 0) is 4.79 Å². The maximum absolute atomic E-state index is 12.3. The smallest absolute Gasteiger partial charge is 0.420 e. The molecule has 0 amide bonds. The predicted octanol–water partition coefficient (Wildman–Crippen LogP) is 9.24. The van der Waals surface area contributed by atoms with E-state index in [1.807, 2.05) is 0 Å². The molecule has 2 nitrogen and oxygen atoms in total. The first-order chi connectivity index (χ1) is 16.4. The summed E-state index contributed by atoms with van der Waals surface area (Å²) in [7, 11) is 0. The van der Waals surface area contributed by atoms with Gasteiger partial charge in [0.2, 0.25) is 0 Å². The Morgan fingerprint density at radius 3 is 1.88 bits per heavy atom. The predicted molar refractivity (Wildman–Crippen MR) is 131 cm³/mol. The first-order valence-electron chi connectivity index (χ1n) is 12.9. The summed E-state index contributed by atoms with van der Waals surface area (Å²) in [6, 6.07) is 14.6. The lowest BCUT2D eigenvalue weighted by Gasteiger charge is -2.29. The van der Waals surface area contributed by atoms with Crippen molar-refractivity contribution in [2.24, 2.45) is 5.92 Å². The molecule has 3 rings (SSSR count). The average molecular weight is 475 g/mol. The quantitative estimate of drug-likeness (QED) is 0.184. The third-order valence-electron chi connectivity index (χ3n) is 7.07. The SMILES string of the molecule is CCCCCCCCCC1CCC(c2ccc(-c3ccc(OC(=O)C(F)(F)F)cc3)cc2)CC1. The molecular weight excluding hydrogens is 437 g/mol. The van der Waals surface area contributed by atoms with E-state index >= 15 is 0 Å². The number of halogens is 3. The number of carbonyl (C=O) groups is 1. The van der Waals surface area contributed by atoms with Crippen molar-refractivity contribution in [2.75, 3.05) is 0 Å². The van der Waals surface area contributed by atoms with Crippen molar-refractivity contribution in [3.05, 3.63) is 54.1 Å². The van der Waals surface area contributed by atoms with Gasteiger partial charge in [-0.3, -0.25) is 0 Å². The Labute approximate surface area is 201 Å². The van der Waals surface area contributed by atoms with Gasteiger partial charge in [-0.2, -0.15) is 13.2 Å². The molecule has 0 unspecified atom stereocenters. The van der Waals surface area contributed by atoms with Crippen LogP contribution in [0, 0.1) is 5.92 Å². The second-order valence-corrected chi connectivity index (χ2v) is 9.66. The van der Waals surface area contributed by atoms with Crippen LogP contribution in [0.3, 0.4) is 0 Å². The Morgan fingerprint density at radius 2 is 1.32 bits per heavy atom. The third-order valence-corrected chi connectivity index (χ3v) is 7.07. The summed E-state index contributed by atoms with van der Waals surface area (Å²) < 4.78 is 41.4. The number of ether oxygens (including phenoxy) is 1. The summed E-state index contributed by atoms with van der Waals surface area (Å²) in [5.74, 6) is -0.822. The number of rotatable bonds is 11. The molecule has 5 heteroatoms. The topological polar surface area (TPSA) is 26.3 Å². The second-order valence-electron chi connectivity index (χ2n) is 9.66. The zero-order chi connectivity index (χ0) is 24.4. The van der Waals surface area contributed by atoms with Gasteiger partial charge in [-0.15, -0.1) is 0 Å². The largest absolute Gasteiger partial charge is 0.491 e. The number of hydrogen-bond acceptors (Lipinski definition) is 2. The van der Waals surface area contributed by atoms with Crippen molar-refractivity contribution in [2.45, 2.75) is 96.1 Å². The molecule has 1 aliphatic rings. The summed E-state index contributed by atoms with van der Waals surface area (Å²) in [6.45, 7) is 2.26. The molecule has 0 saturated heterocycles. The fourth-order valence-corrected chi connectivity index (χ4v) is 5.00. The van der Waals surface area contributed by atoms with Gasteiger partial charge < -0.3 is 4.74 Å². The standard InChI is InChI=1S/C29H37F3O2/c1-2-3-4-5-6-7-8-9-22-10-12-23(13-11-22)24-14-16-25(17-15-24)26-18-20-27(21-19-26)34-28(33)29(30,31)32/h14-23H,2-13H2,1H3. The van der Waals surface area contributed by atoms with Gasteiger partial charge in [-0.25, -0.2) is 4.79 Å². The number of benzene rings is 2. The molecule has 2 aromatic carbocycles. The van der Waals surface area contributed by atoms with Crippen LogP contribution in [0.2, 0.25) is 0 Å². The van der Waals surface area contributed by atoms with Gasteiger partial charge in [0.05, 0.1) is 0 Å². The van der Waals surface area contributed by atoms with Gasteiger partial charge in [-0.05, 0) is 66.3 Å². The summed E-state index contributed by atoms with van der Waals surface area (Å²) >= 11 is 0. The van der Waals surface area contributed by atoms with E-state index in [2.05, 4.69) is 35.9 Å². The Morgan fingerprint density at radius 1 is 0.794 bits per heavy atom. The number of esters is 1. The van der Waals surface area contributed by atoms with Gasteiger partial charge in [-0.1, -0.05) is 94.7 Å². The minimum Gasteiger partial charge on any atom is -0.420 e. The molecule has 0 radical (unpaired) electrons. The zero-order valence-electron chi connectivity index (χ0n) is 20.2. The summed E-state index contributed by atoms with van der Waals surface area (Å²) in [4.78, 5) is 11.0. The van der Waals surface area contributed by atoms with Gasteiger partial charge >= 0.3 is 12.1 Å². The van der Waals surface area contributed by atoms with Crippen molar-refractivity contribution in [1.82, 2.24) is 0 Å². The highest BCUT2D eigenvalue weighted by Crippen LogP contribution is 2.38. The first-order valence-corrected chi connectivity index (χ1v) is 12.9. The van der Waals surface area contributed by atoms with Crippen LogP contribution in [-0.4, -0.2) is 12.1 Å². The van der Waals surface area contributed by atoms with Gasteiger partial charge in [0, 0.05) is 0 Å². The highest BCUT2D eigenvalue weighted by atomic mass is 19.4. The Balaban J connectivity index is 1.42. The van der Waals surface area contributed by atoms with Gasteiger partial charge in [0.15, 0.2) is 0 Å². The van der Waals surface area contributed by atoms with E-state index in [0.29, 0.717) is 5.92 Å². The second kappa shape index (κ2) is 13.0. The summed E-state index contributed by atoms with van der Waals surface area (Å²) in [5, 5.41) is 0. The highest BCUT2D eigenvalue weighted by Gasteiger charge is 2.41. The van der Waals surface area contributed by atoms with Gasteiger partial charge in [0.1, 0.15) is 5.75 Å². The van der Waals surface area contributed by atoms with Crippen molar-refractivity contribution < 1.29 is 22.7 Å². The molecule has 0 N–H and O–H groups in total. The van der Waals surface area contributed by atoms with E-state index in [0.717, 1.165) is 17.0 Å². The molecule has 0 atom stereocenters. The van der Waals surface area contributed by atoms with Crippen LogP contribution in [0.5, 0.6) is 5.75 Å². The van der Waals surface area contributed by atoms with Crippen LogP contribution in [0.25, 0.3) is 11.1 Å². The molecule has 1 aliphatic carbocycles. The van der Waals surface area contributed by atoms with E-state index in [9.17, 15) is 18.0 Å². The van der Waals surface area contributed by atoms with Crippen LogP contribution in [0.4, 0.5) is 13.2 Å². The molecule has 2 aromatic rings. The fraction of sp³-hybridized carbons (Fsp3) is 0.552. The van der Waals surface area contributed by atoms with Crippen molar-refractivity contribution in [3.8, 4) is 16.9 Å². The summed E-state index contributed by atoms with van der Waals surface area (Å²) in [6.07, 6.45) is 11.2. The first kappa shape index (κ1) is 26.3. The lowest BCUT2D eigenvalue weighted by Crippen LogP contribution is -2.27. The van der Waals surface area contributed by atoms with Crippen LogP contribution >= 0.6 is 0 Å². The zero-order valence-corrected chi connectivity index (χ0v) is 20.2. The summed E-state index contributed by atoms with van der Waals surface area (Å²) in [5.41, 5.74) is 3.23. The number of alkyl halides is 3. The van der Waals surface area contributed by atoms with Gasteiger partial charge in [0.25, 0.3) is 0 Å². The molecular formula is C29H37F3O2. The minimum atomic E-state index is -5.00. The van der Waals surface area contributed by atoms with Crippen LogP contribution < -0.4 is 4.74 Å². The van der Waals surface area contributed by atoms with Crippen molar-refractivity contribution in [1.29, 1.82) is 0 Å². The lowest BCUT2D eigenvalue weighted by atomic mass is 9.77. The number of hydrogen-bond donors (Lipinski definition) is 0. The highest BCUT2D eigenvalue weighted by molar-refractivity contribution is 5.78. The third kappa shape index (κ3) is 8.18. The molecule has 1 saturated carbocycles.